The minimum atomic E-state index is -1.54. The van der Waals surface area contributed by atoms with Gasteiger partial charge in [0.05, 0.1) is 16.7 Å². The molecule has 0 saturated carbocycles. The van der Waals surface area contributed by atoms with Gasteiger partial charge in [0, 0.05) is 4.90 Å². The smallest absolute Gasteiger partial charge is 0.338 e. The lowest BCUT2D eigenvalue weighted by Gasteiger charge is -2.39. The molecule has 1 aliphatic rings. The van der Waals surface area contributed by atoms with Gasteiger partial charge in [0.15, 0.2) is 11.5 Å². The summed E-state index contributed by atoms with van der Waals surface area (Å²) in [4.78, 5) is 53.6. The summed E-state index contributed by atoms with van der Waals surface area (Å²) >= 11 is 1.11. The summed E-state index contributed by atoms with van der Waals surface area (Å²) < 4.78 is 23.2. The van der Waals surface area contributed by atoms with Crippen molar-refractivity contribution in [2.75, 3.05) is 6.61 Å². The first kappa shape index (κ1) is 28.8. The third-order valence-corrected chi connectivity index (χ3v) is 7.45. The van der Waals surface area contributed by atoms with Crippen LogP contribution in [0.25, 0.3) is 0 Å². The molecule has 0 unspecified atom stereocenters. The van der Waals surface area contributed by atoms with Crippen LogP contribution in [0.4, 0.5) is 0 Å². The molecule has 4 aromatic rings. The van der Waals surface area contributed by atoms with Gasteiger partial charge in [-0.15, -0.1) is 0 Å². The maximum absolute atomic E-state index is 13.8. The van der Waals surface area contributed by atoms with E-state index in [-0.39, 0.29) is 17.7 Å². The molecule has 4 atom stereocenters. The SMILES string of the molecule is O=C(OC[C@H]1O[C@@H](Sc2ccccc2)C(=O)[C@@H](OC(=O)c2ccccc2)[C@@H]1OC(=O)c1ccccc1)c1ccccc1. The third kappa shape index (κ3) is 7.12. The van der Waals surface area contributed by atoms with E-state index < -0.39 is 47.4 Å². The van der Waals surface area contributed by atoms with Crippen molar-refractivity contribution in [2.45, 2.75) is 28.6 Å². The van der Waals surface area contributed by atoms with Gasteiger partial charge in [-0.3, -0.25) is 4.79 Å². The summed E-state index contributed by atoms with van der Waals surface area (Å²) in [5, 5.41) is 0. The van der Waals surface area contributed by atoms with Gasteiger partial charge in [0.1, 0.15) is 12.7 Å². The van der Waals surface area contributed by atoms with Gasteiger partial charge in [-0.05, 0) is 48.5 Å². The number of benzene rings is 4. The Morgan fingerprint density at radius 2 is 1.07 bits per heavy atom. The number of Topliss-reactive ketones (excluding diaryl/α,β-unsaturated/α-hetero) is 1. The minimum absolute atomic E-state index is 0.212. The molecule has 1 saturated heterocycles. The van der Waals surface area contributed by atoms with E-state index in [0.717, 1.165) is 16.7 Å². The fraction of sp³-hybridized carbons (Fsp3) is 0.152. The van der Waals surface area contributed by atoms with Gasteiger partial charge in [0.2, 0.25) is 11.9 Å². The maximum Gasteiger partial charge on any atom is 0.338 e. The molecular formula is C33H26O8S. The number of carbonyl (C=O) groups is 4. The number of hydrogen-bond donors (Lipinski definition) is 0. The molecule has 0 amide bonds. The summed E-state index contributed by atoms with van der Waals surface area (Å²) in [6.07, 6.45) is -4.09. The fourth-order valence-corrected chi connectivity index (χ4v) is 5.25. The molecule has 0 spiro atoms. The van der Waals surface area contributed by atoms with Gasteiger partial charge in [0.25, 0.3) is 0 Å². The second-order valence-corrected chi connectivity index (χ2v) is 10.4. The molecule has 0 aromatic heterocycles. The normalized spacial score (nSPS) is 19.9. The van der Waals surface area contributed by atoms with Crippen molar-refractivity contribution in [3.63, 3.8) is 0 Å². The van der Waals surface area contributed by atoms with Crippen LogP contribution in [0.5, 0.6) is 0 Å². The molecule has 212 valence electrons. The van der Waals surface area contributed by atoms with E-state index in [2.05, 4.69) is 0 Å². The molecule has 0 radical (unpaired) electrons. The van der Waals surface area contributed by atoms with E-state index in [1.807, 2.05) is 18.2 Å². The van der Waals surface area contributed by atoms with Gasteiger partial charge in [-0.25, -0.2) is 14.4 Å². The Morgan fingerprint density at radius 3 is 1.60 bits per heavy atom. The molecule has 0 bridgehead atoms. The Kier molecular flexibility index (Phi) is 9.43. The van der Waals surface area contributed by atoms with Crippen LogP contribution >= 0.6 is 11.8 Å². The molecule has 1 heterocycles. The van der Waals surface area contributed by atoms with Gasteiger partial charge >= 0.3 is 17.9 Å². The van der Waals surface area contributed by atoms with Crippen LogP contribution in [0.3, 0.4) is 0 Å². The second kappa shape index (κ2) is 13.8. The van der Waals surface area contributed by atoms with Gasteiger partial charge in [-0.1, -0.05) is 84.6 Å². The number of rotatable bonds is 9. The van der Waals surface area contributed by atoms with E-state index in [0.29, 0.717) is 5.56 Å². The number of thioether (sulfide) groups is 1. The van der Waals surface area contributed by atoms with Crippen molar-refractivity contribution >= 4 is 35.5 Å². The second-order valence-electron chi connectivity index (χ2n) is 9.23. The first-order valence-electron chi connectivity index (χ1n) is 13.1. The maximum atomic E-state index is 13.8. The summed E-state index contributed by atoms with van der Waals surface area (Å²) in [7, 11) is 0. The largest absolute Gasteiger partial charge is 0.459 e. The molecular weight excluding hydrogens is 556 g/mol. The summed E-state index contributed by atoms with van der Waals surface area (Å²) in [5.74, 6) is -2.77. The van der Waals surface area contributed by atoms with Crippen LogP contribution in [0.2, 0.25) is 0 Å². The first-order valence-corrected chi connectivity index (χ1v) is 14.0. The lowest BCUT2D eigenvalue weighted by Crippen LogP contribution is -2.58. The number of ether oxygens (including phenoxy) is 4. The predicted octanol–water partition coefficient (Wildman–Crippen LogP) is 5.38. The molecule has 8 nitrogen and oxygen atoms in total. The summed E-state index contributed by atoms with van der Waals surface area (Å²) in [6.45, 7) is -0.376. The highest BCUT2D eigenvalue weighted by Gasteiger charge is 2.50. The molecule has 0 N–H and O–H groups in total. The van der Waals surface area contributed by atoms with Gasteiger partial charge < -0.3 is 18.9 Å². The number of carbonyl (C=O) groups excluding carboxylic acids is 4. The molecule has 0 aliphatic carbocycles. The lowest BCUT2D eigenvalue weighted by atomic mass is 10.0. The molecule has 1 fully saturated rings. The van der Waals surface area contributed by atoms with Gasteiger partial charge in [-0.2, -0.15) is 0 Å². The van der Waals surface area contributed by atoms with Crippen LogP contribution in [0.15, 0.2) is 126 Å². The summed E-state index contributed by atoms with van der Waals surface area (Å²) in [5.41, 5.74) is -0.402. The third-order valence-electron chi connectivity index (χ3n) is 6.35. The Balaban J connectivity index is 1.46. The lowest BCUT2D eigenvalue weighted by molar-refractivity contribution is -0.177. The topological polar surface area (TPSA) is 105 Å². The molecule has 42 heavy (non-hydrogen) atoms. The Bertz CT molecular complexity index is 1510. The van der Waals surface area contributed by atoms with E-state index in [4.69, 9.17) is 18.9 Å². The summed E-state index contributed by atoms with van der Waals surface area (Å²) in [6, 6.07) is 33.8. The van der Waals surface area contributed by atoms with E-state index in [1.165, 1.54) is 0 Å². The highest BCUT2D eigenvalue weighted by molar-refractivity contribution is 8.00. The highest BCUT2D eigenvalue weighted by Crippen LogP contribution is 2.34. The average molecular weight is 583 g/mol. The van der Waals surface area contributed by atoms with Crippen molar-refractivity contribution in [2.24, 2.45) is 0 Å². The number of esters is 3. The van der Waals surface area contributed by atoms with Crippen molar-refractivity contribution in [3.8, 4) is 0 Å². The zero-order valence-electron chi connectivity index (χ0n) is 22.2. The Hall–Kier alpha value is -4.73. The van der Waals surface area contributed by atoms with Crippen LogP contribution in [-0.2, 0) is 23.7 Å². The van der Waals surface area contributed by atoms with Crippen LogP contribution in [0.1, 0.15) is 31.1 Å². The fourth-order valence-electron chi connectivity index (χ4n) is 4.24. The quantitative estimate of drug-likeness (QED) is 0.190. The van der Waals surface area contributed by atoms with E-state index in [1.54, 1.807) is 103 Å². The van der Waals surface area contributed by atoms with Crippen molar-refractivity contribution < 1.29 is 38.1 Å². The van der Waals surface area contributed by atoms with Crippen LogP contribution in [0, 0.1) is 0 Å². The van der Waals surface area contributed by atoms with Crippen molar-refractivity contribution in [1.82, 2.24) is 0 Å². The average Bonchev–Trinajstić information content (AvgIpc) is 3.04. The van der Waals surface area contributed by atoms with Crippen molar-refractivity contribution in [3.05, 3.63) is 138 Å². The number of hydrogen-bond acceptors (Lipinski definition) is 9. The van der Waals surface area contributed by atoms with Crippen molar-refractivity contribution in [1.29, 1.82) is 0 Å². The number of ketones is 1. The van der Waals surface area contributed by atoms with E-state index >= 15 is 0 Å². The van der Waals surface area contributed by atoms with Crippen LogP contribution < -0.4 is 0 Å². The predicted molar refractivity (Wildman–Crippen MR) is 154 cm³/mol. The molecule has 4 aromatic carbocycles. The Morgan fingerprint density at radius 1 is 0.619 bits per heavy atom. The molecule has 1 aliphatic heterocycles. The molecule has 9 heteroatoms. The zero-order valence-corrected chi connectivity index (χ0v) is 23.1. The highest BCUT2D eigenvalue weighted by atomic mass is 32.2. The van der Waals surface area contributed by atoms with E-state index in [9.17, 15) is 19.2 Å². The minimum Gasteiger partial charge on any atom is -0.459 e. The first-order chi connectivity index (χ1) is 20.5. The monoisotopic (exact) mass is 582 g/mol. The Labute approximate surface area is 246 Å². The standard InChI is InChI=1S/C33H26O8S/c34-27-29(41-32(37)24-17-9-3-10-18-24)28(40-31(36)23-15-7-2-8-16-23)26(21-38-30(35)22-13-5-1-6-14-22)39-33(27)42-25-19-11-4-12-20-25/h1-20,26,28-29,33H,21H2/t26-,28-,29-,33+/m1/s1. The zero-order chi connectivity index (χ0) is 29.3. The molecule has 5 rings (SSSR count). The van der Waals surface area contributed by atoms with Crippen LogP contribution in [-0.4, -0.2) is 54.0 Å².